The monoisotopic (exact) mass is 389 g/mol. The van der Waals surface area contributed by atoms with Gasteiger partial charge in [-0.2, -0.15) is 0 Å². The lowest BCUT2D eigenvalue weighted by Gasteiger charge is -2.48. The molecule has 0 amide bonds. The van der Waals surface area contributed by atoms with Gasteiger partial charge in [0.2, 0.25) is 0 Å². The lowest BCUT2D eigenvalue weighted by Crippen LogP contribution is -2.57. The third-order valence-corrected chi connectivity index (χ3v) is 5.82. The Balaban J connectivity index is 1.47. The van der Waals surface area contributed by atoms with Crippen molar-refractivity contribution in [2.45, 2.75) is 37.9 Å². The number of Topliss-reactive ketones (excluding diaryl/α,β-unsaturated/α-hetero) is 1. The fourth-order valence-electron chi connectivity index (χ4n) is 4.35. The highest BCUT2D eigenvalue weighted by atomic mass is 19.2. The topological polar surface area (TPSA) is 29.5 Å². The zero-order valence-electron chi connectivity index (χ0n) is 15.4. The highest BCUT2D eigenvalue weighted by molar-refractivity contribution is 5.83. The van der Waals surface area contributed by atoms with Gasteiger partial charge in [-0.1, -0.05) is 30.3 Å². The third-order valence-electron chi connectivity index (χ3n) is 5.82. The molecule has 0 aromatic heterocycles. The number of halogens is 3. The van der Waals surface area contributed by atoms with E-state index in [1.807, 2.05) is 18.2 Å². The second kappa shape index (κ2) is 8.05. The first-order valence-corrected chi connectivity index (χ1v) is 9.55. The van der Waals surface area contributed by atoms with Crippen LogP contribution >= 0.6 is 0 Å². The summed E-state index contributed by atoms with van der Waals surface area (Å²) in [7, 11) is 0. The van der Waals surface area contributed by atoms with E-state index in [-0.39, 0.29) is 23.8 Å². The van der Waals surface area contributed by atoms with Gasteiger partial charge in [0.05, 0.1) is 13.2 Å². The molecular formula is C22H22F3NO2. The van der Waals surface area contributed by atoms with Crippen molar-refractivity contribution < 1.29 is 22.7 Å². The average Bonchev–Trinajstić information content (AvgIpc) is 2.68. The first-order valence-electron chi connectivity index (χ1n) is 9.55. The Bertz CT molecular complexity index is 844. The maximum atomic E-state index is 13.9. The van der Waals surface area contributed by atoms with Gasteiger partial charge in [-0.3, -0.25) is 9.69 Å². The first-order chi connectivity index (χ1) is 13.5. The number of carbonyl (C=O) groups excluding carboxylic acids is 1. The molecule has 2 aliphatic rings. The summed E-state index contributed by atoms with van der Waals surface area (Å²) in [5, 5.41) is 0. The normalized spacial score (nSPS) is 24.9. The molecule has 2 aromatic carbocycles. The fourth-order valence-corrected chi connectivity index (χ4v) is 4.35. The molecule has 2 heterocycles. The Kier molecular flexibility index (Phi) is 5.51. The summed E-state index contributed by atoms with van der Waals surface area (Å²) in [5.74, 6) is -3.81. The molecule has 0 spiro atoms. The van der Waals surface area contributed by atoms with Crippen molar-refractivity contribution in [2.75, 3.05) is 13.2 Å². The van der Waals surface area contributed by atoms with Crippen molar-refractivity contribution in [3.05, 3.63) is 71.0 Å². The number of ether oxygens (including phenoxy) is 1. The van der Waals surface area contributed by atoms with Crippen LogP contribution in [0.2, 0.25) is 0 Å². The van der Waals surface area contributed by atoms with E-state index in [4.69, 9.17) is 4.74 Å². The number of piperidine rings is 1. The van der Waals surface area contributed by atoms with Gasteiger partial charge in [0.1, 0.15) is 11.6 Å². The summed E-state index contributed by atoms with van der Waals surface area (Å²) in [6.45, 7) is 1.86. The Labute approximate surface area is 162 Å². The van der Waals surface area contributed by atoms with Gasteiger partial charge in [-0.05, 0) is 30.5 Å². The van der Waals surface area contributed by atoms with Crippen LogP contribution in [-0.4, -0.2) is 36.0 Å². The number of nitrogens with zero attached hydrogens (tertiary/aromatic N) is 1. The molecule has 3 nitrogen and oxygen atoms in total. The summed E-state index contributed by atoms with van der Waals surface area (Å²) in [6, 6.07) is 11.9. The van der Waals surface area contributed by atoms with Crippen LogP contribution in [0, 0.1) is 23.4 Å². The van der Waals surface area contributed by atoms with Gasteiger partial charge in [0.15, 0.2) is 11.6 Å². The molecule has 0 aliphatic carbocycles. The van der Waals surface area contributed by atoms with Crippen LogP contribution in [0.3, 0.4) is 0 Å². The quantitative estimate of drug-likeness (QED) is 0.727. The van der Waals surface area contributed by atoms with E-state index in [2.05, 4.69) is 17.0 Å². The molecule has 2 fully saturated rings. The van der Waals surface area contributed by atoms with Crippen LogP contribution in [-0.2, 0) is 22.5 Å². The van der Waals surface area contributed by atoms with Gasteiger partial charge < -0.3 is 4.74 Å². The number of rotatable bonds is 5. The number of benzene rings is 2. The molecule has 2 atom stereocenters. The highest BCUT2D eigenvalue weighted by Gasteiger charge is 2.41. The SMILES string of the molecule is O=C(Cc1c(F)ccc(F)c1F)C1CC2COCC(C1)N2Cc1ccccc1. The van der Waals surface area contributed by atoms with E-state index in [0.717, 1.165) is 18.7 Å². The molecule has 28 heavy (non-hydrogen) atoms. The van der Waals surface area contributed by atoms with Crippen LogP contribution in [0.5, 0.6) is 0 Å². The predicted octanol–water partition coefficient (Wildman–Crippen LogP) is 3.90. The molecule has 6 heteroatoms. The zero-order valence-corrected chi connectivity index (χ0v) is 15.4. The van der Waals surface area contributed by atoms with E-state index >= 15 is 0 Å². The maximum absolute atomic E-state index is 13.9. The summed E-state index contributed by atoms with van der Waals surface area (Å²) >= 11 is 0. The van der Waals surface area contributed by atoms with Crippen molar-refractivity contribution in [1.82, 2.24) is 4.90 Å². The predicted molar refractivity (Wildman–Crippen MR) is 98.1 cm³/mol. The molecule has 0 N–H and O–H groups in total. The van der Waals surface area contributed by atoms with Gasteiger partial charge in [0.25, 0.3) is 0 Å². The number of morpholine rings is 1. The van der Waals surface area contributed by atoms with E-state index in [0.29, 0.717) is 26.1 Å². The third kappa shape index (κ3) is 3.84. The Morgan fingerprint density at radius 1 is 0.964 bits per heavy atom. The molecule has 2 saturated heterocycles. The van der Waals surface area contributed by atoms with Crippen LogP contribution in [0.1, 0.15) is 24.0 Å². The average molecular weight is 389 g/mol. The zero-order chi connectivity index (χ0) is 19.7. The van der Waals surface area contributed by atoms with E-state index in [9.17, 15) is 18.0 Å². The van der Waals surface area contributed by atoms with Gasteiger partial charge >= 0.3 is 0 Å². The lowest BCUT2D eigenvalue weighted by atomic mass is 9.80. The lowest BCUT2D eigenvalue weighted by molar-refractivity contribution is -0.133. The molecule has 0 saturated carbocycles. The van der Waals surface area contributed by atoms with E-state index in [1.165, 1.54) is 5.56 Å². The Morgan fingerprint density at radius 2 is 1.61 bits per heavy atom. The van der Waals surface area contributed by atoms with Crippen molar-refractivity contribution in [2.24, 2.45) is 5.92 Å². The van der Waals surface area contributed by atoms with E-state index in [1.54, 1.807) is 0 Å². The molecule has 2 aliphatic heterocycles. The van der Waals surface area contributed by atoms with Crippen LogP contribution in [0.15, 0.2) is 42.5 Å². The van der Waals surface area contributed by atoms with Gasteiger partial charge in [0, 0.05) is 36.5 Å². The molecule has 0 radical (unpaired) electrons. The smallest absolute Gasteiger partial charge is 0.165 e. The number of ketones is 1. The molecular weight excluding hydrogens is 367 g/mol. The summed E-state index contributed by atoms with van der Waals surface area (Å²) in [6.07, 6.45) is 0.751. The fraction of sp³-hybridized carbons (Fsp3) is 0.409. The Hall–Kier alpha value is -2.18. The molecule has 2 aromatic rings. The minimum absolute atomic E-state index is 0.0869. The van der Waals surface area contributed by atoms with Crippen LogP contribution in [0.4, 0.5) is 13.2 Å². The van der Waals surface area contributed by atoms with Crippen molar-refractivity contribution in [3.8, 4) is 0 Å². The van der Waals surface area contributed by atoms with E-state index < -0.39 is 29.4 Å². The first kappa shape index (κ1) is 19.2. The Morgan fingerprint density at radius 3 is 2.29 bits per heavy atom. The van der Waals surface area contributed by atoms with Crippen LogP contribution in [0.25, 0.3) is 0 Å². The minimum atomic E-state index is -1.27. The maximum Gasteiger partial charge on any atom is 0.165 e. The largest absolute Gasteiger partial charge is 0.378 e. The molecule has 4 rings (SSSR count). The van der Waals surface area contributed by atoms with Crippen molar-refractivity contribution >= 4 is 5.78 Å². The summed E-state index contributed by atoms with van der Waals surface area (Å²) in [5.41, 5.74) is 0.728. The summed E-state index contributed by atoms with van der Waals surface area (Å²) in [4.78, 5) is 15.1. The van der Waals surface area contributed by atoms with Crippen LogP contribution < -0.4 is 0 Å². The molecule has 148 valence electrons. The second-order valence-corrected chi connectivity index (χ2v) is 7.64. The van der Waals surface area contributed by atoms with Crippen molar-refractivity contribution in [1.29, 1.82) is 0 Å². The minimum Gasteiger partial charge on any atom is -0.378 e. The number of fused-ring (bicyclic) bond motifs is 2. The summed E-state index contributed by atoms with van der Waals surface area (Å²) < 4.78 is 46.9. The number of hydrogen-bond donors (Lipinski definition) is 0. The van der Waals surface area contributed by atoms with Crippen molar-refractivity contribution in [3.63, 3.8) is 0 Å². The standard InChI is InChI=1S/C22H22F3NO2/c23-19-6-7-20(24)22(25)18(19)10-21(27)15-8-16-12-28-13-17(9-15)26(16)11-14-4-2-1-3-5-14/h1-7,15-17H,8-13H2. The molecule has 2 bridgehead atoms. The highest BCUT2D eigenvalue weighted by Crippen LogP contribution is 2.34. The van der Waals surface area contributed by atoms with Gasteiger partial charge in [-0.15, -0.1) is 0 Å². The van der Waals surface area contributed by atoms with Gasteiger partial charge in [-0.25, -0.2) is 13.2 Å². The number of carbonyl (C=O) groups is 1. The second-order valence-electron chi connectivity index (χ2n) is 7.64. The number of hydrogen-bond acceptors (Lipinski definition) is 3. The molecule has 2 unspecified atom stereocenters.